The number of rotatable bonds is 3. The third kappa shape index (κ3) is 3.24. The second-order valence-electron chi connectivity index (χ2n) is 4.02. The van der Waals surface area contributed by atoms with Gasteiger partial charge in [-0.1, -0.05) is 29.3 Å². The summed E-state index contributed by atoms with van der Waals surface area (Å²) < 4.78 is 0. The van der Waals surface area contributed by atoms with Crippen molar-refractivity contribution in [2.45, 2.75) is 0 Å². The quantitative estimate of drug-likeness (QED) is 0.661. The van der Waals surface area contributed by atoms with E-state index in [2.05, 4.69) is 5.32 Å². The third-order valence-corrected chi connectivity index (χ3v) is 3.35. The molecule has 0 bridgehead atoms. The van der Waals surface area contributed by atoms with E-state index in [0.717, 1.165) is 0 Å². The number of benzene rings is 2. The Bertz CT molecular complexity index is 734. The van der Waals surface area contributed by atoms with Crippen molar-refractivity contribution in [2.75, 3.05) is 5.32 Å². The molecule has 0 atom stereocenters. The summed E-state index contributed by atoms with van der Waals surface area (Å²) in [6.07, 6.45) is 0. The molecule has 2 aromatic rings. The van der Waals surface area contributed by atoms with Crippen molar-refractivity contribution >= 4 is 40.5 Å². The van der Waals surface area contributed by atoms with Crippen LogP contribution in [0.1, 0.15) is 10.4 Å². The minimum atomic E-state index is -0.647. The maximum Gasteiger partial charge on any atom is 0.290 e. The van der Waals surface area contributed by atoms with Crippen LogP contribution in [0.25, 0.3) is 0 Å². The van der Waals surface area contributed by atoms with E-state index in [1.807, 2.05) is 0 Å². The molecule has 0 radical (unpaired) electrons. The number of nitrogens with zero attached hydrogens (tertiary/aromatic N) is 1. The monoisotopic (exact) mass is 326 g/mol. The number of nitro groups is 1. The number of carbonyl (C=O) groups excluding carboxylic acids is 1. The largest absolute Gasteiger partial charge is 0.506 e. The SMILES string of the molecule is O=C(Nc1cccc([N+](=O)[O-])c1Cl)c1ccc(Cl)c(O)c1. The molecule has 0 aliphatic carbocycles. The van der Waals surface area contributed by atoms with Gasteiger partial charge < -0.3 is 10.4 Å². The van der Waals surface area contributed by atoms with E-state index in [9.17, 15) is 20.0 Å². The topological polar surface area (TPSA) is 92.5 Å². The van der Waals surface area contributed by atoms with E-state index >= 15 is 0 Å². The first-order valence-corrected chi connectivity index (χ1v) is 6.38. The summed E-state index contributed by atoms with van der Waals surface area (Å²) in [5, 5.41) is 22.6. The molecule has 108 valence electrons. The van der Waals surface area contributed by atoms with Gasteiger partial charge in [0.05, 0.1) is 15.6 Å². The first-order chi connectivity index (χ1) is 9.90. The number of anilines is 1. The number of phenols is 1. The molecular weight excluding hydrogens is 319 g/mol. The van der Waals surface area contributed by atoms with Crippen LogP contribution in [0.2, 0.25) is 10.0 Å². The molecule has 21 heavy (non-hydrogen) atoms. The van der Waals surface area contributed by atoms with Gasteiger partial charge in [-0.15, -0.1) is 0 Å². The van der Waals surface area contributed by atoms with Crippen molar-refractivity contribution in [3.8, 4) is 5.75 Å². The molecule has 0 fully saturated rings. The smallest absolute Gasteiger partial charge is 0.290 e. The van der Waals surface area contributed by atoms with Crippen molar-refractivity contribution in [1.82, 2.24) is 0 Å². The van der Waals surface area contributed by atoms with Gasteiger partial charge in [0, 0.05) is 11.6 Å². The summed E-state index contributed by atoms with van der Waals surface area (Å²) in [4.78, 5) is 22.1. The zero-order chi connectivity index (χ0) is 15.6. The summed E-state index contributed by atoms with van der Waals surface area (Å²) in [5.74, 6) is -0.821. The number of amides is 1. The molecular formula is C13H8Cl2N2O4. The van der Waals surface area contributed by atoms with Gasteiger partial charge in [0.2, 0.25) is 0 Å². The molecule has 0 aliphatic heterocycles. The summed E-state index contributed by atoms with van der Waals surface area (Å²) in [5.41, 5.74) is -0.0711. The molecule has 0 saturated heterocycles. The Hall–Kier alpha value is -2.31. The van der Waals surface area contributed by atoms with Crippen molar-refractivity contribution in [1.29, 1.82) is 0 Å². The highest BCUT2D eigenvalue weighted by Gasteiger charge is 2.17. The fourth-order valence-corrected chi connectivity index (χ4v) is 1.97. The van der Waals surface area contributed by atoms with Gasteiger partial charge in [0.15, 0.2) is 0 Å². The van der Waals surface area contributed by atoms with Crippen molar-refractivity contribution in [3.63, 3.8) is 0 Å². The number of phenolic OH excluding ortho intramolecular Hbond substituents is 1. The van der Waals surface area contributed by atoms with E-state index in [1.165, 1.54) is 36.4 Å². The number of halogens is 2. The summed E-state index contributed by atoms with van der Waals surface area (Å²) >= 11 is 11.5. The lowest BCUT2D eigenvalue weighted by molar-refractivity contribution is -0.384. The molecule has 2 rings (SSSR count). The lowest BCUT2D eigenvalue weighted by Gasteiger charge is -2.08. The van der Waals surface area contributed by atoms with Gasteiger partial charge in [-0.3, -0.25) is 14.9 Å². The number of nitrogens with one attached hydrogen (secondary N) is 1. The number of hydrogen-bond acceptors (Lipinski definition) is 4. The molecule has 0 aromatic heterocycles. The minimum absolute atomic E-state index is 0.102. The molecule has 0 spiro atoms. The van der Waals surface area contributed by atoms with Crippen LogP contribution in [0.3, 0.4) is 0 Å². The zero-order valence-corrected chi connectivity index (χ0v) is 11.9. The summed E-state index contributed by atoms with van der Waals surface area (Å²) in [6.45, 7) is 0. The van der Waals surface area contributed by atoms with Gasteiger partial charge in [0.1, 0.15) is 10.8 Å². The molecule has 2 aromatic carbocycles. The maximum absolute atomic E-state index is 12.0. The molecule has 2 N–H and O–H groups in total. The van der Waals surface area contributed by atoms with E-state index in [-0.39, 0.29) is 32.7 Å². The molecule has 0 aliphatic rings. The number of carbonyl (C=O) groups is 1. The third-order valence-electron chi connectivity index (χ3n) is 2.63. The Morgan fingerprint density at radius 1 is 1.24 bits per heavy atom. The van der Waals surface area contributed by atoms with Crippen LogP contribution < -0.4 is 5.32 Å². The standard InChI is InChI=1S/C13H8Cl2N2O4/c14-8-5-4-7(6-11(8)18)13(19)16-9-2-1-3-10(12(9)15)17(20)21/h1-6,18H,(H,16,19). The van der Waals surface area contributed by atoms with Crippen LogP contribution in [-0.4, -0.2) is 15.9 Å². The Morgan fingerprint density at radius 3 is 2.57 bits per heavy atom. The van der Waals surface area contributed by atoms with Gasteiger partial charge in [-0.25, -0.2) is 0 Å². The molecule has 0 saturated carbocycles. The number of nitro benzene ring substituents is 1. The fourth-order valence-electron chi connectivity index (χ4n) is 1.61. The van der Waals surface area contributed by atoms with E-state index < -0.39 is 10.8 Å². The Morgan fingerprint density at radius 2 is 1.95 bits per heavy atom. The van der Waals surface area contributed by atoms with Crippen LogP contribution >= 0.6 is 23.2 Å². The van der Waals surface area contributed by atoms with Crippen LogP contribution in [-0.2, 0) is 0 Å². The number of aromatic hydroxyl groups is 1. The minimum Gasteiger partial charge on any atom is -0.506 e. The van der Waals surface area contributed by atoms with Gasteiger partial charge in [-0.05, 0) is 24.3 Å². The predicted octanol–water partition coefficient (Wildman–Crippen LogP) is 3.86. The first-order valence-electron chi connectivity index (χ1n) is 5.63. The lowest BCUT2D eigenvalue weighted by atomic mass is 10.2. The van der Waals surface area contributed by atoms with Crippen molar-refractivity contribution in [2.24, 2.45) is 0 Å². The molecule has 1 amide bonds. The Balaban J connectivity index is 2.29. The van der Waals surface area contributed by atoms with Crippen molar-refractivity contribution < 1.29 is 14.8 Å². The second kappa shape index (κ2) is 5.99. The molecule has 6 nitrogen and oxygen atoms in total. The summed E-state index contributed by atoms with van der Waals surface area (Å²) in [7, 11) is 0. The average molecular weight is 327 g/mol. The molecule has 0 unspecified atom stereocenters. The zero-order valence-electron chi connectivity index (χ0n) is 10.3. The van der Waals surface area contributed by atoms with E-state index in [1.54, 1.807) is 0 Å². The summed E-state index contributed by atoms with van der Waals surface area (Å²) in [6, 6.07) is 8.01. The fraction of sp³-hybridized carbons (Fsp3) is 0. The van der Waals surface area contributed by atoms with Crippen LogP contribution in [0, 0.1) is 10.1 Å². The normalized spacial score (nSPS) is 10.2. The highest BCUT2D eigenvalue weighted by molar-refractivity contribution is 6.36. The second-order valence-corrected chi connectivity index (χ2v) is 4.80. The van der Waals surface area contributed by atoms with Crippen LogP contribution in [0.5, 0.6) is 5.75 Å². The average Bonchev–Trinajstić information content (AvgIpc) is 2.43. The maximum atomic E-state index is 12.0. The van der Waals surface area contributed by atoms with E-state index in [4.69, 9.17) is 23.2 Å². The van der Waals surface area contributed by atoms with E-state index in [0.29, 0.717) is 0 Å². The van der Waals surface area contributed by atoms with Crippen LogP contribution in [0.4, 0.5) is 11.4 Å². The van der Waals surface area contributed by atoms with Crippen LogP contribution in [0.15, 0.2) is 36.4 Å². The first kappa shape index (κ1) is 15.1. The number of hydrogen-bond donors (Lipinski definition) is 2. The predicted molar refractivity (Wildman–Crippen MR) is 79.2 cm³/mol. The van der Waals surface area contributed by atoms with Gasteiger partial charge >= 0.3 is 0 Å². The molecule has 0 heterocycles. The van der Waals surface area contributed by atoms with Crippen molar-refractivity contribution in [3.05, 3.63) is 62.1 Å². The van der Waals surface area contributed by atoms with Gasteiger partial charge in [-0.2, -0.15) is 0 Å². The Kier molecular flexibility index (Phi) is 4.30. The molecule has 8 heteroatoms. The highest BCUT2D eigenvalue weighted by Crippen LogP contribution is 2.32. The highest BCUT2D eigenvalue weighted by atomic mass is 35.5. The lowest BCUT2D eigenvalue weighted by Crippen LogP contribution is -2.12. The Labute approximate surface area is 129 Å². The van der Waals surface area contributed by atoms with Gasteiger partial charge in [0.25, 0.3) is 11.6 Å².